The summed E-state index contributed by atoms with van der Waals surface area (Å²) in [6.07, 6.45) is 3.41. The van der Waals surface area contributed by atoms with Crippen LogP contribution in [0.3, 0.4) is 0 Å². The van der Waals surface area contributed by atoms with E-state index in [1.54, 1.807) is 22.9 Å². The zero-order valence-electron chi connectivity index (χ0n) is 6.86. The molecule has 0 aliphatic heterocycles. The lowest BCUT2D eigenvalue weighted by atomic mass is 10.3. The van der Waals surface area contributed by atoms with Crippen molar-refractivity contribution in [2.24, 2.45) is 0 Å². The van der Waals surface area contributed by atoms with Gasteiger partial charge in [0.05, 0.1) is 6.20 Å². The molecular formula is C8H6BrN3O. The van der Waals surface area contributed by atoms with E-state index in [4.69, 9.17) is 0 Å². The predicted molar refractivity (Wildman–Crippen MR) is 50.7 cm³/mol. The van der Waals surface area contributed by atoms with Gasteiger partial charge in [-0.3, -0.25) is 9.20 Å². The Kier molecular flexibility index (Phi) is 1.88. The molecule has 0 N–H and O–H groups in total. The van der Waals surface area contributed by atoms with E-state index in [9.17, 15) is 4.79 Å². The zero-order valence-corrected chi connectivity index (χ0v) is 8.45. The van der Waals surface area contributed by atoms with Gasteiger partial charge in [-0.25, -0.2) is 9.97 Å². The summed E-state index contributed by atoms with van der Waals surface area (Å²) < 4.78 is 2.58. The van der Waals surface area contributed by atoms with E-state index in [0.29, 0.717) is 11.5 Å². The first-order valence-electron chi connectivity index (χ1n) is 3.69. The van der Waals surface area contributed by atoms with Gasteiger partial charge < -0.3 is 0 Å². The van der Waals surface area contributed by atoms with Crippen LogP contribution in [-0.4, -0.2) is 20.2 Å². The molecule has 4 nitrogen and oxygen atoms in total. The van der Waals surface area contributed by atoms with Gasteiger partial charge in [0.2, 0.25) is 5.78 Å². The number of carbonyl (C=O) groups excluding carboxylic acids is 1. The monoisotopic (exact) mass is 239 g/mol. The van der Waals surface area contributed by atoms with Crippen molar-refractivity contribution in [2.75, 3.05) is 0 Å². The van der Waals surface area contributed by atoms with E-state index < -0.39 is 0 Å². The molecular weight excluding hydrogens is 234 g/mol. The zero-order chi connectivity index (χ0) is 9.42. The molecule has 2 rings (SSSR count). The van der Waals surface area contributed by atoms with Crippen molar-refractivity contribution in [3.05, 3.63) is 28.8 Å². The summed E-state index contributed by atoms with van der Waals surface area (Å²) >= 11 is 3.30. The molecule has 0 bridgehead atoms. The molecule has 5 heteroatoms. The first-order valence-corrected chi connectivity index (χ1v) is 4.48. The summed E-state index contributed by atoms with van der Waals surface area (Å²) in [5.41, 5.74) is 0.436. The van der Waals surface area contributed by atoms with Gasteiger partial charge in [0.25, 0.3) is 0 Å². The van der Waals surface area contributed by atoms with E-state index in [1.165, 1.54) is 6.92 Å². The number of nitrogens with zero attached hydrogens (tertiary/aromatic N) is 3. The van der Waals surface area contributed by atoms with Crippen LogP contribution in [0.5, 0.6) is 0 Å². The molecule has 0 saturated carbocycles. The molecule has 66 valence electrons. The summed E-state index contributed by atoms with van der Waals surface area (Å²) in [6, 6.07) is 1.67. The number of aromatic nitrogens is 3. The van der Waals surface area contributed by atoms with Crippen LogP contribution >= 0.6 is 15.9 Å². The lowest BCUT2D eigenvalue weighted by Crippen LogP contribution is -1.99. The molecule has 0 aliphatic carbocycles. The minimum absolute atomic E-state index is 0.0541. The Balaban J connectivity index is 2.70. The topological polar surface area (TPSA) is 47.3 Å². The number of carbonyl (C=O) groups is 1. The van der Waals surface area contributed by atoms with Crippen molar-refractivity contribution in [1.29, 1.82) is 0 Å². The van der Waals surface area contributed by atoms with Crippen LogP contribution in [0, 0.1) is 0 Å². The van der Waals surface area contributed by atoms with Crippen molar-refractivity contribution in [1.82, 2.24) is 14.4 Å². The Morgan fingerprint density at radius 2 is 2.38 bits per heavy atom. The SMILES string of the molecule is CC(=O)c1ccn2c(Br)cnc2n1. The molecule has 0 aliphatic rings. The highest BCUT2D eigenvalue weighted by Crippen LogP contribution is 2.11. The second kappa shape index (κ2) is 2.92. The molecule has 2 aromatic heterocycles. The predicted octanol–water partition coefficient (Wildman–Crippen LogP) is 1.69. The first-order chi connectivity index (χ1) is 6.18. The standard InChI is InChI=1S/C8H6BrN3O/c1-5(13)6-2-3-12-7(9)4-10-8(12)11-6/h2-4H,1H3. The number of hydrogen-bond donors (Lipinski definition) is 0. The molecule has 0 fully saturated rings. The van der Waals surface area contributed by atoms with Crippen LogP contribution in [0.4, 0.5) is 0 Å². The van der Waals surface area contributed by atoms with Crippen molar-refractivity contribution in [3.8, 4) is 0 Å². The van der Waals surface area contributed by atoms with Gasteiger partial charge in [-0.05, 0) is 22.0 Å². The van der Waals surface area contributed by atoms with Gasteiger partial charge in [0.15, 0.2) is 5.78 Å². The molecule has 0 unspecified atom stereocenters. The maximum atomic E-state index is 11.0. The maximum Gasteiger partial charge on any atom is 0.235 e. The second-order valence-corrected chi connectivity index (χ2v) is 3.43. The number of hydrogen-bond acceptors (Lipinski definition) is 3. The van der Waals surface area contributed by atoms with Crippen LogP contribution in [0.1, 0.15) is 17.4 Å². The molecule has 2 aromatic rings. The van der Waals surface area contributed by atoms with E-state index in [0.717, 1.165) is 4.60 Å². The number of Topliss-reactive ketones (excluding diaryl/α,β-unsaturated/α-hetero) is 1. The summed E-state index contributed by atoms with van der Waals surface area (Å²) in [4.78, 5) is 19.1. The molecule has 13 heavy (non-hydrogen) atoms. The number of fused-ring (bicyclic) bond motifs is 1. The third-order valence-corrected chi connectivity index (χ3v) is 2.28. The molecule has 0 aromatic carbocycles. The van der Waals surface area contributed by atoms with Gasteiger partial charge in [-0.1, -0.05) is 0 Å². The Hall–Kier alpha value is -1.23. The maximum absolute atomic E-state index is 11.0. The minimum atomic E-state index is -0.0541. The molecule has 2 heterocycles. The number of rotatable bonds is 1. The van der Waals surface area contributed by atoms with Gasteiger partial charge >= 0.3 is 0 Å². The average Bonchev–Trinajstić information content (AvgIpc) is 2.47. The Morgan fingerprint density at radius 1 is 1.62 bits per heavy atom. The van der Waals surface area contributed by atoms with Crippen LogP contribution in [-0.2, 0) is 0 Å². The number of ketones is 1. The molecule has 0 atom stereocenters. The fourth-order valence-electron chi connectivity index (χ4n) is 1.04. The number of halogens is 1. The third-order valence-electron chi connectivity index (χ3n) is 1.69. The van der Waals surface area contributed by atoms with Gasteiger partial charge in [0.1, 0.15) is 10.3 Å². The normalized spacial score (nSPS) is 10.6. The van der Waals surface area contributed by atoms with Crippen molar-refractivity contribution >= 4 is 27.5 Å². The van der Waals surface area contributed by atoms with E-state index >= 15 is 0 Å². The highest BCUT2D eigenvalue weighted by molar-refractivity contribution is 9.10. The summed E-state index contributed by atoms with van der Waals surface area (Å²) in [5.74, 6) is 0.473. The lowest BCUT2D eigenvalue weighted by Gasteiger charge is -1.96. The fourth-order valence-corrected chi connectivity index (χ4v) is 1.42. The van der Waals surface area contributed by atoms with Crippen LogP contribution in [0.15, 0.2) is 23.1 Å². The third kappa shape index (κ3) is 1.35. The number of imidazole rings is 1. The first kappa shape index (κ1) is 8.37. The van der Waals surface area contributed by atoms with Crippen LogP contribution in [0.25, 0.3) is 5.78 Å². The summed E-state index contributed by atoms with van der Waals surface area (Å²) in [6.45, 7) is 1.48. The van der Waals surface area contributed by atoms with E-state index in [2.05, 4.69) is 25.9 Å². The fraction of sp³-hybridized carbons (Fsp3) is 0.125. The van der Waals surface area contributed by atoms with Gasteiger partial charge in [-0.2, -0.15) is 0 Å². The Morgan fingerprint density at radius 3 is 3.08 bits per heavy atom. The van der Waals surface area contributed by atoms with Crippen molar-refractivity contribution in [2.45, 2.75) is 6.92 Å². The van der Waals surface area contributed by atoms with Crippen LogP contribution < -0.4 is 0 Å². The molecule has 0 saturated heterocycles. The highest BCUT2D eigenvalue weighted by Gasteiger charge is 2.05. The summed E-state index contributed by atoms with van der Waals surface area (Å²) in [5, 5.41) is 0. The summed E-state index contributed by atoms with van der Waals surface area (Å²) in [7, 11) is 0. The Bertz CT molecular complexity index is 477. The lowest BCUT2D eigenvalue weighted by molar-refractivity contribution is 0.101. The quantitative estimate of drug-likeness (QED) is 0.712. The Labute approximate surface area is 82.7 Å². The second-order valence-electron chi connectivity index (χ2n) is 2.62. The molecule has 0 radical (unpaired) electrons. The van der Waals surface area contributed by atoms with Gasteiger partial charge in [-0.15, -0.1) is 0 Å². The van der Waals surface area contributed by atoms with Crippen molar-refractivity contribution < 1.29 is 4.79 Å². The molecule has 0 amide bonds. The minimum Gasteiger partial charge on any atom is -0.293 e. The average molecular weight is 240 g/mol. The largest absolute Gasteiger partial charge is 0.293 e. The van der Waals surface area contributed by atoms with Crippen LogP contribution in [0.2, 0.25) is 0 Å². The van der Waals surface area contributed by atoms with E-state index in [-0.39, 0.29) is 5.78 Å². The smallest absolute Gasteiger partial charge is 0.235 e. The van der Waals surface area contributed by atoms with Crippen molar-refractivity contribution in [3.63, 3.8) is 0 Å². The molecule has 0 spiro atoms. The van der Waals surface area contributed by atoms with E-state index in [1.807, 2.05) is 0 Å². The van der Waals surface area contributed by atoms with Gasteiger partial charge in [0, 0.05) is 13.1 Å². The highest BCUT2D eigenvalue weighted by atomic mass is 79.9.